The molecule has 1 aromatic carbocycles. The van der Waals surface area contributed by atoms with Gasteiger partial charge in [0.1, 0.15) is 4.83 Å². The van der Waals surface area contributed by atoms with Crippen LogP contribution in [0.2, 0.25) is 0 Å². The van der Waals surface area contributed by atoms with E-state index in [1.54, 1.807) is 11.3 Å². The van der Waals surface area contributed by atoms with Crippen molar-refractivity contribution < 1.29 is 4.74 Å². The van der Waals surface area contributed by atoms with Gasteiger partial charge in [-0.2, -0.15) is 0 Å². The van der Waals surface area contributed by atoms with Crippen LogP contribution in [-0.4, -0.2) is 27.3 Å². The van der Waals surface area contributed by atoms with E-state index in [-0.39, 0.29) is 11.2 Å². The molecule has 4 aromatic rings. The number of nitrogens with zero attached hydrogens (tertiary/aromatic N) is 2. The number of H-pyrrole nitrogens is 1. The second kappa shape index (κ2) is 6.43. The van der Waals surface area contributed by atoms with E-state index in [1.165, 1.54) is 9.44 Å². The fourth-order valence-electron chi connectivity index (χ4n) is 5.28. The van der Waals surface area contributed by atoms with Crippen LogP contribution in [0.25, 0.3) is 26.8 Å². The molecule has 1 fully saturated rings. The first-order valence-corrected chi connectivity index (χ1v) is 11.3. The molecule has 2 aliphatic rings. The molecule has 1 N–H and O–H groups in total. The topological polar surface area (TPSA) is 69.0 Å². The maximum absolute atomic E-state index is 13.5. The smallest absolute Gasteiger partial charge is 0.334 e. The van der Waals surface area contributed by atoms with Crippen LogP contribution >= 0.6 is 11.3 Å². The van der Waals surface area contributed by atoms with E-state index < -0.39 is 0 Å². The van der Waals surface area contributed by atoms with Crippen molar-refractivity contribution in [3.63, 3.8) is 0 Å². The minimum atomic E-state index is -0.373. The second-order valence-electron chi connectivity index (χ2n) is 8.74. The van der Waals surface area contributed by atoms with Gasteiger partial charge in [-0.25, -0.2) is 9.36 Å². The molecule has 7 heteroatoms. The van der Waals surface area contributed by atoms with Crippen molar-refractivity contribution in [2.75, 3.05) is 13.2 Å². The first-order valence-electron chi connectivity index (χ1n) is 10.5. The van der Waals surface area contributed by atoms with Crippen LogP contribution < -0.4 is 11.2 Å². The summed E-state index contributed by atoms with van der Waals surface area (Å²) >= 11 is 1.59. The summed E-state index contributed by atoms with van der Waals surface area (Å²) in [5.41, 5.74) is 2.54. The van der Waals surface area contributed by atoms with Crippen molar-refractivity contribution in [3.8, 4) is 5.69 Å². The molecule has 30 heavy (non-hydrogen) atoms. The third-order valence-electron chi connectivity index (χ3n) is 7.05. The van der Waals surface area contributed by atoms with Crippen LogP contribution in [0.3, 0.4) is 0 Å². The van der Waals surface area contributed by atoms with Crippen LogP contribution in [0.4, 0.5) is 0 Å². The molecule has 4 heterocycles. The van der Waals surface area contributed by atoms with Gasteiger partial charge in [0.15, 0.2) is 0 Å². The average molecular weight is 422 g/mol. The third kappa shape index (κ3) is 2.58. The van der Waals surface area contributed by atoms with Crippen molar-refractivity contribution in [3.05, 3.63) is 61.7 Å². The van der Waals surface area contributed by atoms with Crippen LogP contribution in [0.1, 0.15) is 29.7 Å². The summed E-state index contributed by atoms with van der Waals surface area (Å²) in [4.78, 5) is 31.4. The van der Waals surface area contributed by atoms with Gasteiger partial charge in [-0.1, -0.05) is 0 Å². The molecule has 1 aliphatic carbocycles. The van der Waals surface area contributed by atoms with Crippen LogP contribution in [-0.2, 0) is 24.6 Å². The normalized spacial score (nSPS) is 18.3. The maximum atomic E-state index is 13.5. The van der Waals surface area contributed by atoms with Gasteiger partial charge in [0.2, 0.25) is 0 Å². The van der Waals surface area contributed by atoms with Gasteiger partial charge in [0.25, 0.3) is 5.56 Å². The van der Waals surface area contributed by atoms with Gasteiger partial charge in [0, 0.05) is 42.2 Å². The molecule has 1 saturated heterocycles. The molecule has 0 radical (unpaired) electrons. The number of hydrogen-bond acceptors (Lipinski definition) is 4. The lowest BCUT2D eigenvalue weighted by Crippen LogP contribution is -2.35. The Morgan fingerprint density at radius 2 is 1.97 bits per heavy atom. The summed E-state index contributed by atoms with van der Waals surface area (Å²) in [5.74, 6) is 0. The monoisotopic (exact) mass is 421 g/mol. The highest BCUT2D eigenvalue weighted by atomic mass is 32.1. The number of rotatable bonds is 1. The van der Waals surface area contributed by atoms with Gasteiger partial charge in [-0.15, -0.1) is 11.3 Å². The lowest BCUT2D eigenvalue weighted by atomic mass is 9.69. The summed E-state index contributed by atoms with van der Waals surface area (Å²) < 4.78 is 8.89. The summed E-state index contributed by atoms with van der Waals surface area (Å²) in [7, 11) is 1.98. The number of aryl methyl sites for hydroxylation is 2. The Bertz CT molecular complexity index is 1420. The standard InChI is InChI=1S/C23H23N3O3S/c1-25-9-5-14-12-15(2-3-17(14)25)26-21(27)19-16-4-6-23(7-10-29-11-8-23)13-18(16)30-20(19)24-22(26)28/h2-3,5,9,12H,4,6-8,10-11,13H2,1H3,(H,24,28). The zero-order valence-electron chi connectivity index (χ0n) is 16.9. The number of benzene rings is 1. The number of ether oxygens (including phenoxy) is 1. The molecule has 0 atom stereocenters. The molecule has 0 saturated carbocycles. The zero-order chi connectivity index (χ0) is 20.5. The number of aromatic amines is 1. The summed E-state index contributed by atoms with van der Waals surface area (Å²) in [6, 6.07) is 7.71. The maximum Gasteiger partial charge on any atom is 0.334 e. The molecule has 6 nitrogen and oxygen atoms in total. The Morgan fingerprint density at radius 1 is 1.13 bits per heavy atom. The predicted molar refractivity (Wildman–Crippen MR) is 119 cm³/mol. The molecule has 0 unspecified atom stereocenters. The van der Waals surface area contributed by atoms with Gasteiger partial charge < -0.3 is 9.30 Å². The first-order chi connectivity index (χ1) is 14.5. The van der Waals surface area contributed by atoms with Gasteiger partial charge >= 0.3 is 5.69 Å². The van der Waals surface area contributed by atoms with E-state index in [1.807, 2.05) is 42.1 Å². The number of aromatic nitrogens is 3. The molecule has 3 aromatic heterocycles. The summed E-state index contributed by atoms with van der Waals surface area (Å²) in [6.07, 6.45) is 7.11. The molecule has 1 spiro atoms. The fraction of sp³-hybridized carbons (Fsp3) is 0.391. The minimum absolute atomic E-state index is 0.204. The number of hydrogen-bond donors (Lipinski definition) is 1. The molecule has 0 bridgehead atoms. The van der Waals surface area contributed by atoms with Crippen LogP contribution in [0.5, 0.6) is 0 Å². The Morgan fingerprint density at radius 3 is 2.80 bits per heavy atom. The zero-order valence-corrected chi connectivity index (χ0v) is 17.7. The van der Waals surface area contributed by atoms with Crippen molar-refractivity contribution in [2.45, 2.75) is 32.1 Å². The molecule has 6 rings (SSSR count). The Hall–Kier alpha value is -2.64. The minimum Gasteiger partial charge on any atom is -0.381 e. The second-order valence-corrected chi connectivity index (χ2v) is 9.84. The first kappa shape index (κ1) is 18.2. The van der Waals surface area contributed by atoms with E-state index in [2.05, 4.69) is 4.98 Å². The lowest BCUT2D eigenvalue weighted by Gasteiger charge is -2.40. The highest BCUT2D eigenvalue weighted by Crippen LogP contribution is 2.46. The van der Waals surface area contributed by atoms with Gasteiger partial charge in [-0.3, -0.25) is 9.78 Å². The largest absolute Gasteiger partial charge is 0.381 e. The van der Waals surface area contributed by atoms with Gasteiger partial charge in [0.05, 0.1) is 11.1 Å². The molecular formula is C23H23N3O3S. The number of fused-ring (bicyclic) bond motifs is 4. The van der Waals surface area contributed by atoms with E-state index in [4.69, 9.17) is 4.74 Å². The Labute approximate surface area is 176 Å². The van der Waals surface area contributed by atoms with Crippen molar-refractivity contribution in [1.29, 1.82) is 0 Å². The predicted octanol–water partition coefficient (Wildman–Crippen LogP) is 3.52. The molecule has 1 aliphatic heterocycles. The lowest BCUT2D eigenvalue weighted by molar-refractivity contribution is 0.00818. The van der Waals surface area contributed by atoms with Crippen LogP contribution in [0, 0.1) is 5.41 Å². The number of nitrogens with one attached hydrogen (secondary N) is 1. The van der Waals surface area contributed by atoms with E-state index in [9.17, 15) is 9.59 Å². The third-order valence-corrected chi connectivity index (χ3v) is 8.20. The van der Waals surface area contributed by atoms with Crippen molar-refractivity contribution >= 4 is 32.5 Å². The SMILES string of the molecule is Cn1ccc2cc(-n3c(=O)[nH]c4sc5c(c4c3=O)CCC3(CCOCC3)C5)ccc21. The summed E-state index contributed by atoms with van der Waals surface area (Å²) in [5, 5.41) is 1.71. The molecule has 154 valence electrons. The van der Waals surface area contributed by atoms with E-state index in [0.29, 0.717) is 16.5 Å². The molecule has 0 amide bonds. The Kier molecular flexibility index (Phi) is 3.89. The van der Waals surface area contributed by atoms with Crippen LogP contribution in [0.15, 0.2) is 40.1 Å². The quantitative estimate of drug-likeness (QED) is 0.511. The Balaban J connectivity index is 1.52. The molecular weight excluding hydrogens is 398 g/mol. The highest BCUT2D eigenvalue weighted by molar-refractivity contribution is 7.18. The number of thiophene rings is 1. The fourth-order valence-corrected chi connectivity index (χ4v) is 6.69. The highest BCUT2D eigenvalue weighted by Gasteiger charge is 2.38. The van der Waals surface area contributed by atoms with E-state index in [0.717, 1.165) is 66.6 Å². The average Bonchev–Trinajstić information content (AvgIpc) is 3.28. The van der Waals surface area contributed by atoms with Crippen molar-refractivity contribution in [1.82, 2.24) is 14.1 Å². The summed E-state index contributed by atoms with van der Waals surface area (Å²) in [6.45, 7) is 1.65. The van der Waals surface area contributed by atoms with Gasteiger partial charge in [-0.05, 0) is 67.3 Å². The van der Waals surface area contributed by atoms with Crippen molar-refractivity contribution in [2.24, 2.45) is 12.5 Å². The van der Waals surface area contributed by atoms with E-state index >= 15 is 0 Å².